The molecule has 2 aromatic heterocycles. The fourth-order valence-corrected chi connectivity index (χ4v) is 1.09. The van der Waals surface area contributed by atoms with Gasteiger partial charge in [0.15, 0.2) is 0 Å². The summed E-state index contributed by atoms with van der Waals surface area (Å²) in [6.45, 7) is 0. The second-order valence-corrected chi connectivity index (χ2v) is 2.50. The molecule has 1 amide bonds. The molecule has 0 saturated carbocycles. The zero-order valence-corrected chi connectivity index (χ0v) is 6.27. The first-order valence-electron chi connectivity index (χ1n) is 3.49. The van der Waals surface area contributed by atoms with Crippen LogP contribution in [0.15, 0.2) is 30.9 Å². The Bertz CT molecular complexity index is 400. The smallest absolute Gasteiger partial charge is 0.250 e. The summed E-state index contributed by atoms with van der Waals surface area (Å²) in [6.07, 6.45) is 6.77. The van der Waals surface area contributed by atoms with Crippen LogP contribution in [-0.4, -0.2) is 15.3 Å². The molecule has 2 aromatic rings. The molecule has 0 unspecified atom stereocenters. The molecule has 0 atom stereocenters. The van der Waals surface area contributed by atoms with Crippen molar-refractivity contribution in [2.45, 2.75) is 0 Å². The van der Waals surface area contributed by atoms with Crippen LogP contribution < -0.4 is 5.73 Å². The lowest BCUT2D eigenvalue weighted by Gasteiger charge is -1.88. The van der Waals surface area contributed by atoms with Gasteiger partial charge in [0.1, 0.15) is 0 Å². The zero-order chi connectivity index (χ0) is 8.55. The van der Waals surface area contributed by atoms with Gasteiger partial charge in [-0.05, 0) is 6.07 Å². The van der Waals surface area contributed by atoms with E-state index in [2.05, 4.69) is 4.98 Å². The molecule has 12 heavy (non-hydrogen) atoms. The van der Waals surface area contributed by atoms with Gasteiger partial charge in [-0.1, -0.05) is 0 Å². The van der Waals surface area contributed by atoms with Crippen molar-refractivity contribution < 1.29 is 4.79 Å². The summed E-state index contributed by atoms with van der Waals surface area (Å²) in [5.74, 6) is -0.418. The molecule has 0 radical (unpaired) electrons. The third-order valence-electron chi connectivity index (χ3n) is 1.68. The Balaban J connectivity index is 2.70. The zero-order valence-electron chi connectivity index (χ0n) is 6.27. The molecule has 0 aromatic carbocycles. The number of aromatic nitrogens is 2. The molecule has 0 fully saturated rings. The van der Waals surface area contributed by atoms with Gasteiger partial charge in [0.05, 0.1) is 17.3 Å². The molecular weight excluding hydrogens is 154 g/mol. The van der Waals surface area contributed by atoms with Gasteiger partial charge in [-0.2, -0.15) is 0 Å². The van der Waals surface area contributed by atoms with Crippen LogP contribution in [-0.2, 0) is 0 Å². The minimum absolute atomic E-state index is 0.418. The molecule has 0 aliphatic rings. The van der Waals surface area contributed by atoms with E-state index >= 15 is 0 Å². The predicted molar refractivity (Wildman–Crippen MR) is 43.7 cm³/mol. The van der Waals surface area contributed by atoms with Crippen molar-refractivity contribution >= 4 is 11.4 Å². The van der Waals surface area contributed by atoms with Crippen molar-refractivity contribution in [1.29, 1.82) is 0 Å². The summed E-state index contributed by atoms with van der Waals surface area (Å²) in [7, 11) is 0. The van der Waals surface area contributed by atoms with Gasteiger partial charge in [0, 0.05) is 18.6 Å². The summed E-state index contributed by atoms with van der Waals surface area (Å²) >= 11 is 0. The maximum Gasteiger partial charge on any atom is 0.250 e. The normalized spacial score (nSPS) is 10.3. The van der Waals surface area contributed by atoms with Crippen LogP contribution in [0, 0.1) is 0 Å². The largest absolute Gasteiger partial charge is 0.366 e. The van der Waals surface area contributed by atoms with Gasteiger partial charge < -0.3 is 10.1 Å². The first-order valence-corrected chi connectivity index (χ1v) is 3.49. The molecule has 2 N–H and O–H groups in total. The Labute approximate surface area is 68.6 Å². The summed E-state index contributed by atoms with van der Waals surface area (Å²) in [5, 5.41) is 0. The molecule has 4 nitrogen and oxygen atoms in total. The number of hydrogen-bond acceptors (Lipinski definition) is 2. The van der Waals surface area contributed by atoms with E-state index in [1.165, 1.54) is 0 Å². The topological polar surface area (TPSA) is 60.4 Å². The van der Waals surface area contributed by atoms with Crippen LogP contribution in [0.25, 0.3) is 5.52 Å². The van der Waals surface area contributed by atoms with E-state index in [0.29, 0.717) is 5.56 Å². The summed E-state index contributed by atoms with van der Waals surface area (Å²) in [4.78, 5) is 14.7. The standard InChI is InChI=1S/C8H7N3O/c9-8(12)6-3-7-4-10-1-2-11(7)5-6/h1-5H,(H2,9,12). The summed E-state index contributed by atoms with van der Waals surface area (Å²) in [5.41, 5.74) is 6.47. The fourth-order valence-electron chi connectivity index (χ4n) is 1.09. The van der Waals surface area contributed by atoms with E-state index in [1.807, 2.05) is 0 Å². The first kappa shape index (κ1) is 6.84. The Morgan fingerprint density at radius 2 is 2.42 bits per heavy atom. The van der Waals surface area contributed by atoms with Crippen LogP contribution in [0.2, 0.25) is 0 Å². The van der Waals surface area contributed by atoms with Crippen molar-refractivity contribution in [2.75, 3.05) is 0 Å². The Morgan fingerprint density at radius 1 is 1.58 bits per heavy atom. The van der Waals surface area contributed by atoms with Crippen molar-refractivity contribution in [3.63, 3.8) is 0 Å². The van der Waals surface area contributed by atoms with Gasteiger partial charge in [0.2, 0.25) is 5.91 Å². The minimum Gasteiger partial charge on any atom is -0.366 e. The van der Waals surface area contributed by atoms with E-state index in [0.717, 1.165) is 5.52 Å². The van der Waals surface area contributed by atoms with Gasteiger partial charge in [-0.3, -0.25) is 9.78 Å². The number of nitrogens with zero attached hydrogens (tertiary/aromatic N) is 2. The van der Waals surface area contributed by atoms with Gasteiger partial charge in [0.25, 0.3) is 0 Å². The molecule has 0 aliphatic carbocycles. The maximum absolute atomic E-state index is 10.8. The maximum atomic E-state index is 10.8. The number of carbonyl (C=O) groups is 1. The molecule has 0 saturated heterocycles. The van der Waals surface area contributed by atoms with Crippen LogP contribution in [0.4, 0.5) is 0 Å². The van der Waals surface area contributed by atoms with E-state index in [4.69, 9.17) is 5.73 Å². The molecule has 2 rings (SSSR count). The third-order valence-corrected chi connectivity index (χ3v) is 1.68. The molecule has 0 bridgehead atoms. The average Bonchev–Trinajstić information content (AvgIpc) is 2.46. The molecule has 4 heteroatoms. The van der Waals surface area contributed by atoms with E-state index in [1.54, 1.807) is 35.3 Å². The lowest BCUT2D eigenvalue weighted by molar-refractivity contribution is 0.100. The number of carbonyl (C=O) groups excluding carboxylic acids is 1. The predicted octanol–water partition coefficient (Wildman–Crippen LogP) is 0.433. The highest BCUT2D eigenvalue weighted by Crippen LogP contribution is 2.06. The molecule has 2 heterocycles. The van der Waals surface area contributed by atoms with Crippen molar-refractivity contribution in [1.82, 2.24) is 9.38 Å². The highest BCUT2D eigenvalue weighted by Gasteiger charge is 2.02. The second kappa shape index (κ2) is 2.34. The third kappa shape index (κ3) is 0.934. The van der Waals surface area contributed by atoms with E-state index in [9.17, 15) is 4.79 Å². The van der Waals surface area contributed by atoms with Crippen LogP contribution in [0.5, 0.6) is 0 Å². The highest BCUT2D eigenvalue weighted by molar-refractivity contribution is 5.94. The summed E-state index contributed by atoms with van der Waals surface area (Å²) in [6, 6.07) is 1.70. The van der Waals surface area contributed by atoms with Crippen LogP contribution >= 0.6 is 0 Å². The van der Waals surface area contributed by atoms with Crippen LogP contribution in [0.3, 0.4) is 0 Å². The molecule has 60 valence electrons. The minimum atomic E-state index is -0.418. The second-order valence-electron chi connectivity index (χ2n) is 2.50. The Morgan fingerprint density at radius 3 is 3.08 bits per heavy atom. The van der Waals surface area contributed by atoms with Gasteiger partial charge in [-0.25, -0.2) is 0 Å². The number of fused-ring (bicyclic) bond motifs is 1. The SMILES string of the molecule is NC(=O)c1cc2cnccn2c1. The lowest BCUT2D eigenvalue weighted by atomic mass is 10.3. The van der Waals surface area contributed by atoms with Crippen molar-refractivity contribution in [2.24, 2.45) is 5.73 Å². The Hall–Kier alpha value is -1.84. The van der Waals surface area contributed by atoms with E-state index in [-0.39, 0.29) is 0 Å². The lowest BCUT2D eigenvalue weighted by Crippen LogP contribution is -2.09. The average molecular weight is 161 g/mol. The first-order chi connectivity index (χ1) is 5.77. The number of nitrogens with two attached hydrogens (primary N) is 1. The van der Waals surface area contributed by atoms with E-state index < -0.39 is 5.91 Å². The van der Waals surface area contributed by atoms with Crippen molar-refractivity contribution in [3.05, 3.63) is 36.4 Å². The van der Waals surface area contributed by atoms with Gasteiger partial charge >= 0.3 is 0 Å². The fraction of sp³-hybridized carbons (Fsp3) is 0. The molecule has 0 spiro atoms. The number of primary amides is 1. The van der Waals surface area contributed by atoms with Crippen LogP contribution in [0.1, 0.15) is 10.4 Å². The quantitative estimate of drug-likeness (QED) is 0.659. The van der Waals surface area contributed by atoms with Crippen molar-refractivity contribution in [3.8, 4) is 0 Å². The number of hydrogen-bond donors (Lipinski definition) is 1. The monoisotopic (exact) mass is 161 g/mol. The number of amides is 1. The highest BCUT2D eigenvalue weighted by atomic mass is 16.1. The summed E-state index contributed by atoms with van der Waals surface area (Å²) < 4.78 is 1.80. The molecule has 0 aliphatic heterocycles. The van der Waals surface area contributed by atoms with Gasteiger partial charge in [-0.15, -0.1) is 0 Å². The number of rotatable bonds is 1. The molecular formula is C8H7N3O. The Kier molecular flexibility index (Phi) is 1.33.